The second kappa shape index (κ2) is 6.39. The van der Waals surface area contributed by atoms with Crippen molar-refractivity contribution in [1.29, 1.82) is 0 Å². The van der Waals surface area contributed by atoms with E-state index in [1.165, 1.54) is 15.6 Å². The molecule has 3 heterocycles. The third-order valence-corrected chi connectivity index (χ3v) is 8.43. The second-order valence-corrected chi connectivity index (χ2v) is 9.81. The van der Waals surface area contributed by atoms with Gasteiger partial charge >= 0.3 is 10.2 Å². The normalized spacial score (nSPS) is 16.9. The van der Waals surface area contributed by atoms with Crippen molar-refractivity contribution in [1.82, 2.24) is 14.3 Å². The minimum atomic E-state index is -3.60. The average molecular weight is 403 g/mol. The Kier molecular flexibility index (Phi) is 4.39. The topological polar surface area (TPSA) is 84.4 Å². The molecule has 7 nitrogen and oxygen atoms in total. The lowest BCUT2D eigenvalue weighted by Gasteiger charge is -2.25. The lowest BCUT2D eigenvalue weighted by molar-refractivity contribution is 0.0733. The highest BCUT2D eigenvalue weighted by Gasteiger charge is 2.25. The SMILES string of the molecule is CSc1nc2ccc3nc(NS(=O)(=O)N4CCOCC4)sc3c2s1. The van der Waals surface area contributed by atoms with E-state index >= 15 is 0 Å². The lowest BCUT2D eigenvalue weighted by atomic mass is 10.3. The summed E-state index contributed by atoms with van der Waals surface area (Å²) in [6.45, 7) is 1.55. The number of nitrogens with zero attached hydrogens (tertiary/aromatic N) is 3. The average Bonchev–Trinajstić information content (AvgIpc) is 3.17. The predicted molar refractivity (Wildman–Crippen MR) is 99.5 cm³/mol. The molecular weight excluding hydrogens is 388 g/mol. The number of morpholine rings is 1. The van der Waals surface area contributed by atoms with Gasteiger partial charge in [-0.1, -0.05) is 23.1 Å². The van der Waals surface area contributed by atoms with Gasteiger partial charge in [-0.3, -0.25) is 0 Å². The number of hydrogen-bond donors (Lipinski definition) is 1. The summed E-state index contributed by atoms with van der Waals surface area (Å²) in [6.07, 6.45) is 1.99. The zero-order valence-corrected chi connectivity index (χ0v) is 15.9. The molecule has 24 heavy (non-hydrogen) atoms. The Morgan fingerprint density at radius 2 is 1.83 bits per heavy atom. The molecule has 1 fully saturated rings. The van der Waals surface area contributed by atoms with E-state index in [1.807, 2.05) is 18.4 Å². The first kappa shape index (κ1) is 16.5. The van der Waals surface area contributed by atoms with Crippen molar-refractivity contribution in [2.45, 2.75) is 4.34 Å². The van der Waals surface area contributed by atoms with Crippen LogP contribution in [0.15, 0.2) is 16.5 Å². The monoisotopic (exact) mass is 402 g/mol. The molecule has 0 amide bonds. The minimum absolute atomic E-state index is 0.358. The molecule has 1 N–H and O–H groups in total. The van der Waals surface area contributed by atoms with E-state index in [1.54, 1.807) is 23.1 Å². The number of benzene rings is 1. The summed E-state index contributed by atoms with van der Waals surface area (Å²) in [5.74, 6) is 0. The van der Waals surface area contributed by atoms with E-state index in [0.717, 1.165) is 24.8 Å². The second-order valence-electron chi connectivity index (χ2n) is 5.08. The number of fused-ring (bicyclic) bond motifs is 3. The minimum Gasteiger partial charge on any atom is -0.379 e. The molecule has 11 heteroatoms. The first-order chi connectivity index (χ1) is 11.6. The van der Waals surface area contributed by atoms with Crippen LogP contribution in [-0.2, 0) is 14.9 Å². The van der Waals surface area contributed by atoms with E-state index in [0.29, 0.717) is 31.4 Å². The summed E-state index contributed by atoms with van der Waals surface area (Å²) in [5, 5.41) is 0.378. The smallest absolute Gasteiger partial charge is 0.303 e. The van der Waals surface area contributed by atoms with Crippen LogP contribution in [0.3, 0.4) is 0 Å². The number of nitrogens with one attached hydrogen (secondary N) is 1. The van der Waals surface area contributed by atoms with Gasteiger partial charge < -0.3 is 4.74 Å². The van der Waals surface area contributed by atoms with Gasteiger partial charge in [0.1, 0.15) is 0 Å². The van der Waals surface area contributed by atoms with Crippen molar-refractivity contribution < 1.29 is 13.2 Å². The molecule has 0 aliphatic carbocycles. The zero-order valence-electron chi connectivity index (χ0n) is 12.7. The highest BCUT2D eigenvalue weighted by atomic mass is 32.2. The number of hydrogen-bond acceptors (Lipinski definition) is 8. The molecule has 4 rings (SSSR count). The molecule has 0 radical (unpaired) electrons. The molecule has 1 saturated heterocycles. The molecule has 0 unspecified atom stereocenters. The molecule has 128 valence electrons. The number of thiazole rings is 2. The van der Waals surface area contributed by atoms with E-state index in [4.69, 9.17) is 4.74 Å². The Bertz CT molecular complexity index is 991. The fraction of sp³-hybridized carbons (Fsp3) is 0.385. The summed E-state index contributed by atoms with van der Waals surface area (Å²) in [5.41, 5.74) is 1.70. The summed E-state index contributed by atoms with van der Waals surface area (Å²) < 4.78 is 37.1. The van der Waals surface area contributed by atoms with Crippen molar-refractivity contribution in [3.8, 4) is 0 Å². The number of rotatable bonds is 4. The fourth-order valence-corrected chi connectivity index (χ4v) is 6.46. The van der Waals surface area contributed by atoms with Crippen LogP contribution >= 0.6 is 34.4 Å². The standard InChI is InChI=1S/C13H14N4O3S4/c1-21-13-15-9-3-2-8-10(11(9)23-13)22-12(14-8)16-24(18,19)17-4-6-20-7-5-17/h2-3H,4-7H2,1H3,(H,14,16). The highest BCUT2D eigenvalue weighted by Crippen LogP contribution is 2.38. The zero-order chi connectivity index (χ0) is 16.7. The maximum absolute atomic E-state index is 12.5. The first-order valence-corrected chi connectivity index (χ1v) is 11.5. The van der Waals surface area contributed by atoms with Gasteiger partial charge in [0, 0.05) is 13.1 Å². The van der Waals surface area contributed by atoms with Gasteiger partial charge in [-0.2, -0.15) is 12.7 Å². The van der Waals surface area contributed by atoms with Gasteiger partial charge in [-0.05, 0) is 18.4 Å². The van der Waals surface area contributed by atoms with E-state index < -0.39 is 10.2 Å². The Morgan fingerprint density at radius 3 is 2.54 bits per heavy atom. The Labute approximate surface area is 151 Å². The summed E-state index contributed by atoms with van der Waals surface area (Å²) in [4.78, 5) is 8.96. The third kappa shape index (κ3) is 3.00. The van der Waals surface area contributed by atoms with Crippen LogP contribution in [0.2, 0.25) is 0 Å². The predicted octanol–water partition coefficient (Wildman–Crippen LogP) is 2.62. The van der Waals surface area contributed by atoms with Crippen molar-refractivity contribution in [2.24, 2.45) is 0 Å². The van der Waals surface area contributed by atoms with Gasteiger partial charge in [-0.25, -0.2) is 14.7 Å². The molecule has 0 bridgehead atoms. The highest BCUT2D eigenvalue weighted by molar-refractivity contribution is 8.00. The van der Waals surface area contributed by atoms with E-state index in [9.17, 15) is 8.42 Å². The summed E-state index contributed by atoms with van der Waals surface area (Å²) in [7, 11) is -3.60. The van der Waals surface area contributed by atoms with Crippen molar-refractivity contribution in [2.75, 3.05) is 37.3 Å². The summed E-state index contributed by atoms with van der Waals surface area (Å²) >= 11 is 4.55. The van der Waals surface area contributed by atoms with Crippen molar-refractivity contribution in [3.63, 3.8) is 0 Å². The molecule has 3 aromatic rings. The van der Waals surface area contributed by atoms with Crippen molar-refractivity contribution >= 4 is 70.2 Å². The summed E-state index contributed by atoms with van der Waals surface area (Å²) in [6, 6.07) is 3.80. The van der Waals surface area contributed by atoms with Gasteiger partial charge in [-0.15, -0.1) is 11.3 Å². The largest absolute Gasteiger partial charge is 0.379 e. The van der Waals surface area contributed by atoms with Gasteiger partial charge in [0.05, 0.1) is 33.6 Å². The van der Waals surface area contributed by atoms with E-state index in [2.05, 4.69) is 14.7 Å². The first-order valence-electron chi connectivity index (χ1n) is 7.16. The lowest BCUT2D eigenvalue weighted by Crippen LogP contribution is -2.43. The molecule has 0 saturated carbocycles. The van der Waals surface area contributed by atoms with Crippen LogP contribution in [0.4, 0.5) is 5.13 Å². The quantitative estimate of drug-likeness (QED) is 0.676. The van der Waals surface area contributed by atoms with E-state index in [-0.39, 0.29) is 0 Å². The van der Waals surface area contributed by atoms with Crippen LogP contribution in [-0.4, -0.2) is 55.3 Å². The number of thioether (sulfide) groups is 1. The van der Waals surface area contributed by atoms with Crippen LogP contribution in [0.25, 0.3) is 20.4 Å². The molecule has 1 aliphatic rings. The van der Waals surface area contributed by atoms with Gasteiger partial charge in [0.15, 0.2) is 9.47 Å². The Morgan fingerprint density at radius 1 is 1.17 bits per heavy atom. The maximum atomic E-state index is 12.5. The van der Waals surface area contributed by atoms with Gasteiger partial charge in [0.2, 0.25) is 0 Å². The molecule has 2 aromatic heterocycles. The molecule has 0 atom stereocenters. The van der Waals surface area contributed by atoms with Crippen LogP contribution < -0.4 is 4.72 Å². The maximum Gasteiger partial charge on any atom is 0.303 e. The van der Waals surface area contributed by atoms with Crippen molar-refractivity contribution in [3.05, 3.63) is 12.1 Å². The van der Waals surface area contributed by atoms with Gasteiger partial charge in [0.25, 0.3) is 0 Å². The number of ether oxygens (including phenoxy) is 1. The van der Waals surface area contributed by atoms with Crippen LogP contribution in [0.5, 0.6) is 0 Å². The Hall–Kier alpha value is -0.980. The molecular formula is C13H14N4O3S4. The third-order valence-electron chi connectivity index (χ3n) is 3.59. The molecule has 0 spiro atoms. The number of aromatic nitrogens is 2. The Balaban J connectivity index is 1.69. The molecule has 1 aromatic carbocycles. The van der Waals surface area contributed by atoms with Crippen LogP contribution in [0, 0.1) is 0 Å². The molecule has 1 aliphatic heterocycles. The fourth-order valence-electron chi connectivity index (χ4n) is 2.45. The van der Waals surface area contributed by atoms with Crippen LogP contribution in [0.1, 0.15) is 0 Å². The number of anilines is 1.